The van der Waals surface area contributed by atoms with Crippen molar-refractivity contribution in [1.29, 1.82) is 0 Å². The van der Waals surface area contributed by atoms with Crippen LogP contribution in [0, 0.1) is 6.92 Å². The van der Waals surface area contributed by atoms with Crippen LogP contribution >= 0.6 is 11.3 Å². The van der Waals surface area contributed by atoms with E-state index in [9.17, 15) is 9.59 Å². The number of rotatable bonds is 3. The van der Waals surface area contributed by atoms with Crippen molar-refractivity contribution in [2.75, 3.05) is 0 Å². The Morgan fingerprint density at radius 2 is 2.18 bits per heavy atom. The van der Waals surface area contributed by atoms with E-state index in [0.29, 0.717) is 11.4 Å². The summed E-state index contributed by atoms with van der Waals surface area (Å²) in [6, 6.07) is 1.63. The number of imidazole rings is 1. The number of aryl methyl sites for hydroxylation is 2. The SMILES string of the molecule is Cc1sc(C(=O)O)cc1Cn1ccn(C)c1=O. The fraction of sp³-hybridized carbons (Fsp3) is 0.273. The Kier molecular flexibility index (Phi) is 2.89. The summed E-state index contributed by atoms with van der Waals surface area (Å²) < 4.78 is 3.04. The Morgan fingerprint density at radius 1 is 1.47 bits per heavy atom. The van der Waals surface area contributed by atoms with Gasteiger partial charge in [-0.3, -0.25) is 4.57 Å². The molecule has 0 saturated carbocycles. The molecule has 0 fully saturated rings. The first-order valence-corrected chi connectivity index (χ1v) is 5.85. The van der Waals surface area contributed by atoms with Gasteiger partial charge >= 0.3 is 11.7 Å². The zero-order valence-electron chi connectivity index (χ0n) is 9.51. The molecule has 2 aromatic heterocycles. The number of hydrogen-bond acceptors (Lipinski definition) is 3. The number of carboxylic acids is 1. The Hall–Kier alpha value is -1.82. The first-order chi connectivity index (χ1) is 7.99. The third-order valence-electron chi connectivity index (χ3n) is 2.59. The molecule has 90 valence electrons. The van der Waals surface area contributed by atoms with Crippen molar-refractivity contribution in [3.8, 4) is 0 Å². The van der Waals surface area contributed by atoms with Crippen LogP contribution in [0.1, 0.15) is 20.1 Å². The van der Waals surface area contributed by atoms with Crippen LogP contribution in [0.4, 0.5) is 0 Å². The minimum Gasteiger partial charge on any atom is -0.477 e. The minimum atomic E-state index is -0.926. The Bertz CT molecular complexity index is 621. The number of aromatic nitrogens is 2. The molecule has 0 amide bonds. The van der Waals surface area contributed by atoms with Crippen LogP contribution in [0.3, 0.4) is 0 Å². The average molecular weight is 252 g/mol. The standard InChI is InChI=1S/C11H12N2O3S/c1-7-8(5-9(17-7)10(14)15)6-13-4-3-12(2)11(13)16/h3-5H,6H2,1-2H3,(H,14,15). The van der Waals surface area contributed by atoms with E-state index in [4.69, 9.17) is 5.11 Å². The van der Waals surface area contributed by atoms with E-state index < -0.39 is 5.97 Å². The number of carboxylic acid groups (broad SMARTS) is 1. The maximum absolute atomic E-state index is 11.6. The highest BCUT2D eigenvalue weighted by molar-refractivity contribution is 7.14. The van der Waals surface area contributed by atoms with Crippen molar-refractivity contribution in [3.63, 3.8) is 0 Å². The number of nitrogens with zero attached hydrogens (tertiary/aromatic N) is 2. The Balaban J connectivity index is 2.33. The quantitative estimate of drug-likeness (QED) is 0.895. The largest absolute Gasteiger partial charge is 0.477 e. The van der Waals surface area contributed by atoms with Gasteiger partial charge in [0.15, 0.2) is 0 Å². The zero-order chi connectivity index (χ0) is 12.6. The molecular formula is C11H12N2O3S. The lowest BCUT2D eigenvalue weighted by molar-refractivity contribution is 0.0702. The number of thiophene rings is 1. The molecule has 0 atom stereocenters. The van der Waals surface area contributed by atoms with Crippen LogP contribution < -0.4 is 5.69 Å². The van der Waals surface area contributed by atoms with Crippen molar-refractivity contribution in [2.24, 2.45) is 7.05 Å². The number of aromatic carboxylic acids is 1. The van der Waals surface area contributed by atoms with E-state index in [1.165, 1.54) is 15.9 Å². The van der Waals surface area contributed by atoms with Gasteiger partial charge in [-0.1, -0.05) is 0 Å². The highest BCUT2D eigenvalue weighted by Crippen LogP contribution is 2.22. The predicted octanol–water partition coefficient (Wildman–Crippen LogP) is 1.30. The summed E-state index contributed by atoms with van der Waals surface area (Å²) in [5.74, 6) is -0.926. The fourth-order valence-electron chi connectivity index (χ4n) is 1.60. The lowest BCUT2D eigenvalue weighted by Gasteiger charge is -1.99. The maximum Gasteiger partial charge on any atom is 0.345 e. The maximum atomic E-state index is 11.6. The van der Waals surface area contributed by atoms with Gasteiger partial charge < -0.3 is 9.67 Å². The summed E-state index contributed by atoms with van der Waals surface area (Å²) in [4.78, 5) is 23.7. The molecule has 0 aromatic carbocycles. The molecule has 6 heteroatoms. The molecule has 2 heterocycles. The molecule has 2 rings (SSSR count). The van der Waals surface area contributed by atoms with E-state index in [-0.39, 0.29) is 5.69 Å². The van der Waals surface area contributed by atoms with Gasteiger partial charge in [-0.15, -0.1) is 11.3 Å². The molecular weight excluding hydrogens is 240 g/mol. The first kappa shape index (κ1) is 11.7. The van der Waals surface area contributed by atoms with Crippen LogP contribution in [0.25, 0.3) is 0 Å². The Morgan fingerprint density at radius 3 is 2.65 bits per heavy atom. The number of hydrogen-bond donors (Lipinski definition) is 1. The lowest BCUT2D eigenvalue weighted by Crippen LogP contribution is -2.22. The van der Waals surface area contributed by atoms with Gasteiger partial charge in [-0.2, -0.15) is 0 Å². The second-order valence-electron chi connectivity index (χ2n) is 3.82. The summed E-state index contributed by atoms with van der Waals surface area (Å²) in [5, 5.41) is 8.89. The van der Waals surface area contributed by atoms with Crippen molar-refractivity contribution in [1.82, 2.24) is 9.13 Å². The van der Waals surface area contributed by atoms with E-state index in [1.807, 2.05) is 6.92 Å². The van der Waals surface area contributed by atoms with Crippen molar-refractivity contribution < 1.29 is 9.90 Å². The van der Waals surface area contributed by atoms with Gasteiger partial charge in [0.2, 0.25) is 0 Å². The van der Waals surface area contributed by atoms with E-state index in [1.54, 1.807) is 30.1 Å². The third-order valence-corrected chi connectivity index (χ3v) is 3.67. The summed E-state index contributed by atoms with van der Waals surface area (Å²) >= 11 is 1.23. The highest BCUT2D eigenvalue weighted by Gasteiger charge is 2.12. The average Bonchev–Trinajstić information content (AvgIpc) is 2.77. The summed E-state index contributed by atoms with van der Waals surface area (Å²) in [7, 11) is 1.68. The van der Waals surface area contributed by atoms with Crippen LogP contribution in [-0.4, -0.2) is 20.2 Å². The van der Waals surface area contributed by atoms with Gasteiger partial charge in [0.1, 0.15) is 4.88 Å². The summed E-state index contributed by atoms with van der Waals surface area (Å²) in [5.41, 5.74) is 0.771. The molecule has 17 heavy (non-hydrogen) atoms. The molecule has 0 aliphatic heterocycles. The van der Waals surface area contributed by atoms with Crippen molar-refractivity contribution in [3.05, 3.63) is 44.3 Å². The van der Waals surface area contributed by atoms with Crippen molar-refractivity contribution in [2.45, 2.75) is 13.5 Å². The van der Waals surface area contributed by atoms with Crippen LogP contribution in [-0.2, 0) is 13.6 Å². The molecule has 0 saturated heterocycles. The molecule has 0 spiro atoms. The fourth-order valence-corrected chi connectivity index (χ4v) is 2.47. The first-order valence-electron chi connectivity index (χ1n) is 5.03. The molecule has 0 aliphatic rings. The zero-order valence-corrected chi connectivity index (χ0v) is 10.3. The molecule has 5 nitrogen and oxygen atoms in total. The monoisotopic (exact) mass is 252 g/mol. The van der Waals surface area contributed by atoms with Gasteiger partial charge in [0.05, 0.1) is 6.54 Å². The topological polar surface area (TPSA) is 64.2 Å². The minimum absolute atomic E-state index is 0.104. The van der Waals surface area contributed by atoms with Crippen LogP contribution in [0.2, 0.25) is 0 Å². The summed E-state index contributed by atoms with van der Waals surface area (Å²) in [6.45, 7) is 2.27. The molecule has 0 radical (unpaired) electrons. The third kappa shape index (κ3) is 2.16. The predicted molar refractivity (Wildman–Crippen MR) is 64.8 cm³/mol. The normalized spacial score (nSPS) is 10.7. The van der Waals surface area contributed by atoms with Crippen molar-refractivity contribution >= 4 is 17.3 Å². The van der Waals surface area contributed by atoms with Gasteiger partial charge in [0.25, 0.3) is 0 Å². The second kappa shape index (κ2) is 4.21. The van der Waals surface area contributed by atoms with Crippen LogP contribution in [0.5, 0.6) is 0 Å². The number of carbonyl (C=O) groups is 1. The van der Waals surface area contributed by atoms with Gasteiger partial charge in [0, 0.05) is 24.3 Å². The molecule has 2 aromatic rings. The van der Waals surface area contributed by atoms with E-state index >= 15 is 0 Å². The summed E-state index contributed by atoms with van der Waals surface area (Å²) in [6.07, 6.45) is 3.38. The van der Waals surface area contributed by atoms with Gasteiger partial charge in [-0.25, -0.2) is 9.59 Å². The van der Waals surface area contributed by atoms with Crippen LogP contribution in [0.15, 0.2) is 23.3 Å². The molecule has 0 bridgehead atoms. The van der Waals surface area contributed by atoms with Gasteiger partial charge in [-0.05, 0) is 18.6 Å². The molecule has 0 aliphatic carbocycles. The second-order valence-corrected chi connectivity index (χ2v) is 5.07. The highest BCUT2D eigenvalue weighted by atomic mass is 32.1. The Labute approximate surface area is 102 Å². The molecule has 0 unspecified atom stereocenters. The van der Waals surface area contributed by atoms with E-state index in [2.05, 4.69) is 0 Å². The molecule has 1 N–H and O–H groups in total. The smallest absolute Gasteiger partial charge is 0.345 e. The lowest BCUT2D eigenvalue weighted by atomic mass is 10.2. The van der Waals surface area contributed by atoms with E-state index in [0.717, 1.165) is 10.4 Å².